The van der Waals surface area contributed by atoms with Gasteiger partial charge in [-0.25, -0.2) is 8.78 Å². The lowest BCUT2D eigenvalue weighted by Crippen LogP contribution is -2.08. The number of Topliss-reactive ketones (excluding diaryl/α,β-unsaturated/α-hetero) is 1. The SMILES string of the molecule is Cc1cc(F)c(C(=O)Cc2ccccc2Cl)cc1F. The predicted molar refractivity (Wildman–Crippen MR) is 70.6 cm³/mol. The van der Waals surface area contributed by atoms with Crippen molar-refractivity contribution in [2.24, 2.45) is 0 Å². The molecule has 0 saturated heterocycles. The molecule has 0 saturated carbocycles. The van der Waals surface area contributed by atoms with E-state index in [0.717, 1.165) is 12.1 Å². The Morgan fingerprint density at radius 2 is 1.84 bits per heavy atom. The van der Waals surface area contributed by atoms with E-state index in [1.54, 1.807) is 24.3 Å². The van der Waals surface area contributed by atoms with Crippen molar-refractivity contribution in [1.82, 2.24) is 0 Å². The van der Waals surface area contributed by atoms with Crippen molar-refractivity contribution in [3.05, 3.63) is 69.7 Å². The van der Waals surface area contributed by atoms with Crippen LogP contribution >= 0.6 is 11.6 Å². The van der Waals surface area contributed by atoms with Crippen molar-refractivity contribution in [1.29, 1.82) is 0 Å². The summed E-state index contributed by atoms with van der Waals surface area (Å²) in [6.07, 6.45) is -0.0565. The average molecular weight is 281 g/mol. The van der Waals surface area contributed by atoms with E-state index in [9.17, 15) is 13.6 Å². The third kappa shape index (κ3) is 2.99. The van der Waals surface area contributed by atoms with E-state index < -0.39 is 17.4 Å². The van der Waals surface area contributed by atoms with E-state index in [1.165, 1.54) is 6.92 Å². The minimum Gasteiger partial charge on any atom is -0.294 e. The quantitative estimate of drug-likeness (QED) is 0.764. The van der Waals surface area contributed by atoms with Gasteiger partial charge in [0.1, 0.15) is 11.6 Å². The molecule has 0 fully saturated rings. The molecule has 2 rings (SSSR count). The summed E-state index contributed by atoms with van der Waals surface area (Å²) in [6, 6.07) is 8.76. The van der Waals surface area contributed by atoms with Gasteiger partial charge >= 0.3 is 0 Å². The summed E-state index contributed by atoms with van der Waals surface area (Å²) in [6.45, 7) is 1.45. The maximum atomic E-state index is 13.7. The number of ketones is 1. The van der Waals surface area contributed by atoms with Crippen molar-refractivity contribution < 1.29 is 13.6 Å². The van der Waals surface area contributed by atoms with E-state index in [4.69, 9.17) is 11.6 Å². The molecule has 0 aromatic heterocycles. The normalized spacial score (nSPS) is 10.5. The zero-order chi connectivity index (χ0) is 14.0. The number of carbonyl (C=O) groups excluding carboxylic acids is 1. The summed E-state index contributed by atoms with van der Waals surface area (Å²) in [5.41, 5.74) is 0.518. The van der Waals surface area contributed by atoms with Crippen LogP contribution in [0.25, 0.3) is 0 Å². The van der Waals surface area contributed by atoms with Crippen LogP contribution in [-0.4, -0.2) is 5.78 Å². The van der Waals surface area contributed by atoms with E-state index in [1.807, 2.05) is 0 Å². The van der Waals surface area contributed by atoms with Gasteiger partial charge in [0.15, 0.2) is 5.78 Å². The number of rotatable bonds is 3. The van der Waals surface area contributed by atoms with Gasteiger partial charge in [-0.3, -0.25) is 4.79 Å². The highest BCUT2D eigenvalue weighted by atomic mass is 35.5. The van der Waals surface area contributed by atoms with Gasteiger partial charge in [0.05, 0.1) is 5.56 Å². The lowest BCUT2D eigenvalue weighted by molar-refractivity contribution is 0.0988. The first-order chi connectivity index (χ1) is 8.99. The monoisotopic (exact) mass is 280 g/mol. The summed E-state index contributed by atoms with van der Waals surface area (Å²) in [5.74, 6) is -1.80. The van der Waals surface area contributed by atoms with Crippen LogP contribution in [-0.2, 0) is 6.42 Å². The van der Waals surface area contributed by atoms with Crippen LogP contribution in [0.2, 0.25) is 5.02 Å². The molecule has 0 aliphatic carbocycles. The molecule has 2 aromatic carbocycles. The van der Waals surface area contributed by atoms with Crippen molar-refractivity contribution in [3.8, 4) is 0 Å². The number of hydrogen-bond acceptors (Lipinski definition) is 1. The molecular weight excluding hydrogens is 270 g/mol. The fourth-order valence-electron chi connectivity index (χ4n) is 1.77. The Morgan fingerprint density at radius 1 is 1.16 bits per heavy atom. The smallest absolute Gasteiger partial charge is 0.170 e. The molecule has 19 heavy (non-hydrogen) atoms. The van der Waals surface area contributed by atoms with E-state index >= 15 is 0 Å². The lowest BCUT2D eigenvalue weighted by Gasteiger charge is -2.06. The molecule has 0 radical (unpaired) electrons. The second kappa shape index (κ2) is 5.49. The summed E-state index contributed by atoms with van der Waals surface area (Å²) in [5, 5.41) is 0.434. The number of hydrogen-bond donors (Lipinski definition) is 0. The summed E-state index contributed by atoms with van der Waals surface area (Å²) >= 11 is 5.93. The molecule has 2 aromatic rings. The second-order valence-electron chi connectivity index (χ2n) is 4.27. The molecule has 4 heteroatoms. The molecule has 0 unspecified atom stereocenters. The van der Waals surface area contributed by atoms with Crippen molar-refractivity contribution in [2.45, 2.75) is 13.3 Å². The Morgan fingerprint density at radius 3 is 2.53 bits per heavy atom. The molecule has 98 valence electrons. The third-order valence-electron chi connectivity index (χ3n) is 2.86. The summed E-state index contributed by atoms with van der Waals surface area (Å²) < 4.78 is 27.1. The van der Waals surface area contributed by atoms with Crippen molar-refractivity contribution in [2.75, 3.05) is 0 Å². The lowest BCUT2D eigenvalue weighted by atomic mass is 10.0. The first-order valence-corrected chi connectivity index (χ1v) is 6.09. The minimum atomic E-state index is -0.712. The molecule has 0 aliphatic heterocycles. The number of halogens is 3. The van der Waals surface area contributed by atoms with Gasteiger partial charge in [0, 0.05) is 11.4 Å². The Bertz CT molecular complexity index is 638. The zero-order valence-electron chi connectivity index (χ0n) is 10.2. The van der Waals surface area contributed by atoms with Gasteiger partial charge in [-0.2, -0.15) is 0 Å². The molecule has 0 spiro atoms. The van der Waals surface area contributed by atoms with Crippen LogP contribution in [0.3, 0.4) is 0 Å². The van der Waals surface area contributed by atoms with Crippen LogP contribution in [0.1, 0.15) is 21.5 Å². The molecule has 0 amide bonds. The standard InChI is InChI=1S/C15H11ClF2O/c1-9-6-14(18)11(8-13(9)17)15(19)7-10-4-2-3-5-12(10)16/h2-6,8H,7H2,1H3. The number of carbonyl (C=O) groups is 1. The van der Waals surface area contributed by atoms with E-state index in [0.29, 0.717) is 10.6 Å². The molecule has 0 heterocycles. The van der Waals surface area contributed by atoms with Gasteiger partial charge in [-0.1, -0.05) is 29.8 Å². The highest BCUT2D eigenvalue weighted by Crippen LogP contribution is 2.20. The fourth-order valence-corrected chi connectivity index (χ4v) is 1.97. The second-order valence-corrected chi connectivity index (χ2v) is 4.68. The van der Waals surface area contributed by atoms with Gasteiger partial charge in [-0.15, -0.1) is 0 Å². The Balaban J connectivity index is 2.31. The maximum absolute atomic E-state index is 13.7. The number of aryl methyl sites for hydroxylation is 1. The van der Waals surface area contributed by atoms with Crippen molar-refractivity contribution in [3.63, 3.8) is 0 Å². The van der Waals surface area contributed by atoms with Gasteiger partial charge in [0.2, 0.25) is 0 Å². The Kier molecular flexibility index (Phi) is 3.96. The first-order valence-electron chi connectivity index (χ1n) is 5.71. The third-order valence-corrected chi connectivity index (χ3v) is 3.23. The molecule has 0 N–H and O–H groups in total. The molecule has 0 bridgehead atoms. The molecule has 1 nitrogen and oxygen atoms in total. The Hall–Kier alpha value is -1.74. The summed E-state index contributed by atoms with van der Waals surface area (Å²) in [4.78, 5) is 12.0. The van der Waals surface area contributed by atoms with Crippen molar-refractivity contribution >= 4 is 17.4 Å². The first kappa shape index (κ1) is 13.7. The highest BCUT2D eigenvalue weighted by Gasteiger charge is 2.16. The van der Waals surface area contributed by atoms with Crippen LogP contribution in [0.4, 0.5) is 8.78 Å². The highest BCUT2D eigenvalue weighted by molar-refractivity contribution is 6.31. The van der Waals surface area contributed by atoms with Crippen LogP contribution in [0.15, 0.2) is 36.4 Å². The van der Waals surface area contributed by atoms with Crippen LogP contribution in [0.5, 0.6) is 0 Å². The predicted octanol–water partition coefficient (Wildman–Crippen LogP) is 4.35. The van der Waals surface area contributed by atoms with Gasteiger partial charge in [0.25, 0.3) is 0 Å². The summed E-state index contributed by atoms with van der Waals surface area (Å²) in [7, 11) is 0. The minimum absolute atomic E-state index is 0.0565. The molecule has 0 aliphatic rings. The van der Waals surface area contributed by atoms with Gasteiger partial charge in [-0.05, 0) is 36.2 Å². The maximum Gasteiger partial charge on any atom is 0.170 e. The fraction of sp³-hybridized carbons (Fsp3) is 0.133. The zero-order valence-corrected chi connectivity index (χ0v) is 11.0. The largest absolute Gasteiger partial charge is 0.294 e. The average Bonchev–Trinajstić information content (AvgIpc) is 2.36. The van der Waals surface area contributed by atoms with Gasteiger partial charge < -0.3 is 0 Å². The van der Waals surface area contributed by atoms with E-state index in [-0.39, 0.29) is 17.5 Å². The number of benzene rings is 2. The molecule has 0 atom stereocenters. The van der Waals surface area contributed by atoms with Crippen LogP contribution in [0, 0.1) is 18.6 Å². The van der Waals surface area contributed by atoms with E-state index in [2.05, 4.69) is 0 Å². The van der Waals surface area contributed by atoms with Crippen LogP contribution < -0.4 is 0 Å². The topological polar surface area (TPSA) is 17.1 Å². The molecular formula is C15H11ClF2O. The Labute approximate surface area is 114 Å².